The monoisotopic (exact) mass is 449 g/mol. The molecular weight excluding hydrogens is 425 g/mol. The number of methoxy groups -OCH3 is 1. The van der Waals surface area contributed by atoms with E-state index in [1.165, 1.54) is 7.11 Å². The van der Waals surface area contributed by atoms with Crippen molar-refractivity contribution in [1.82, 2.24) is 10.2 Å². The summed E-state index contributed by atoms with van der Waals surface area (Å²) >= 11 is 2.02. The number of carbonyl (C=O) groups excluding carboxylic acids is 2. The zero-order valence-electron chi connectivity index (χ0n) is 14.2. The highest BCUT2D eigenvalue weighted by atomic mass is 127. The normalized spacial score (nSPS) is 10.6. The molecule has 0 radical (unpaired) electrons. The molecule has 0 saturated heterocycles. The predicted octanol–water partition coefficient (Wildman–Crippen LogP) is 1.30. The van der Waals surface area contributed by atoms with E-state index < -0.39 is 12.5 Å². The minimum atomic E-state index is -0.605. The number of amides is 2. The number of halogens is 1. The van der Waals surface area contributed by atoms with Gasteiger partial charge in [0.1, 0.15) is 12.4 Å². The quantitative estimate of drug-likeness (QED) is 0.495. The molecule has 1 aromatic carbocycles. The van der Waals surface area contributed by atoms with Crippen LogP contribution in [0.4, 0.5) is 5.69 Å². The molecule has 8 heteroatoms. The molecular formula is C16H24IN3O4. The van der Waals surface area contributed by atoms with Crippen molar-refractivity contribution in [3.8, 4) is 5.75 Å². The van der Waals surface area contributed by atoms with Gasteiger partial charge in [0.05, 0.1) is 18.4 Å². The van der Waals surface area contributed by atoms with Crippen LogP contribution in [0.3, 0.4) is 0 Å². The third kappa shape index (κ3) is 5.91. The van der Waals surface area contributed by atoms with Crippen molar-refractivity contribution in [3.63, 3.8) is 0 Å². The highest BCUT2D eigenvalue weighted by Crippen LogP contribution is 2.28. The Morgan fingerprint density at radius 1 is 1.29 bits per heavy atom. The second-order valence-corrected chi connectivity index (χ2v) is 6.18. The molecule has 0 atom stereocenters. The van der Waals surface area contributed by atoms with E-state index in [1.54, 1.807) is 12.1 Å². The summed E-state index contributed by atoms with van der Waals surface area (Å²) in [5.74, 6) is -0.382. The molecule has 0 heterocycles. The van der Waals surface area contributed by atoms with Crippen LogP contribution in [-0.4, -0.2) is 61.7 Å². The smallest absolute Gasteiger partial charge is 0.255 e. The summed E-state index contributed by atoms with van der Waals surface area (Å²) in [4.78, 5) is 25.9. The van der Waals surface area contributed by atoms with Crippen LogP contribution >= 0.6 is 22.6 Å². The molecule has 0 fully saturated rings. The first kappa shape index (κ1) is 20.7. The van der Waals surface area contributed by atoms with E-state index in [9.17, 15) is 9.59 Å². The van der Waals surface area contributed by atoms with E-state index >= 15 is 0 Å². The Morgan fingerprint density at radius 3 is 2.50 bits per heavy atom. The fourth-order valence-corrected chi connectivity index (χ4v) is 2.75. The summed E-state index contributed by atoms with van der Waals surface area (Å²) in [6.45, 7) is 6.75. The molecule has 0 spiro atoms. The van der Waals surface area contributed by atoms with E-state index in [4.69, 9.17) is 9.84 Å². The number of ether oxygens (including phenoxy) is 1. The van der Waals surface area contributed by atoms with E-state index in [2.05, 4.69) is 29.4 Å². The maximum absolute atomic E-state index is 12.4. The second kappa shape index (κ2) is 10.5. The van der Waals surface area contributed by atoms with Crippen molar-refractivity contribution in [3.05, 3.63) is 21.3 Å². The van der Waals surface area contributed by atoms with Crippen LogP contribution in [0.5, 0.6) is 5.75 Å². The molecule has 24 heavy (non-hydrogen) atoms. The number of aliphatic hydroxyl groups is 1. The number of likely N-dealkylation sites (N-methyl/N-ethyl adjacent to an activating group) is 1. The standard InChI is InChI=1S/C16H24IN3O4/c1-4-20(5-2)7-6-18-16(23)11-8-12(17)13(9-14(11)24-3)19-15(22)10-21/h8-9,21H,4-7,10H2,1-3H3,(H,18,23)(H,19,22). The van der Waals surface area contributed by atoms with Crippen LogP contribution < -0.4 is 15.4 Å². The lowest BCUT2D eigenvalue weighted by Crippen LogP contribution is -2.35. The molecule has 0 bridgehead atoms. The van der Waals surface area contributed by atoms with Crippen molar-refractivity contribution < 1.29 is 19.4 Å². The van der Waals surface area contributed by atoms with Crippen LogP contribution in [0.1, 0.15) is 24.2 Å². The number of hydrogen-bond donors (Lipinski definition) is 3. The summed E-state index contributed by atoms with van der Waals surface area (Å²) in [6, 6.07) is 3.23. The summed E-state index contributed by atoms with van der Waals surface area (Å²) in [5.41, 5.74) is 0.898. The van der Waals surface area contributed by atoms with Crippen molar-refractivity contribution in [2.45, 2.75) is 13.8 Å². The van der Waals surface area contributed by atoms with Crippen LogP contribution in [0, 0.1) is 3.57 Å². The number of benzene rings is 1. The Morgan fingerprint density at radius 2 is 1.96 bits per heavy atom. The van der Waals surface area contributed by atoms with E-state index in [-0.39, 0.29) is 5.91 Å². The lowest BCUT2D eigenvalue weighted by molar-refractivity contribution is -0.118. The van der Waals surface area contributed by atoms with E-state index in [0.717, 1.165) is 19.6 Å². The Hall–Kier alpha value is -1.39. The molecule has 0 aliphatic carbocycles. The number of carbonyl (C=O) groups is 2. The lowest BCUT2D eigenvalue weighted by atomic mass is 10.1. The van der Waals surface area contributed by atoms with Gasteiger partial charge in [-0.15, -0.1) is 0 Å². The fourth-order valence-electron chi connectivity index (χ4n) is 2.15. The Kier molecular flexibility index (Phi) is 9.01. The topological polar surface area (TPSA) is 90.9 Å². The molecule has 0 saturated carbocycles. The molecule has 0 unspecified atom stereocenters. The molecule has 0 aromatic heterocycles. The number of nitrogens with one attached hydrogen (secondary N) is 2. The molecule has 7 nitrogen and oxygen atoms in total. The Balaban J connectivity index is 2.84. The van der Waals surface area contributed by atoms with Gasteiger partial charge in [-0.1, -0.05) is 13.8 Å². The fraction of sp³-hybridized carbons (Fsp3) is 0.500. The third-order valence-corrected chi connectivity index (χ3v) is 4.45. The van der Waals surface area contributed by atoms with Crippen molar-refractivity contribution in [2.75, 3.05) is 45.2 Å². The van der Waals surface area contributed by atoms with Gasteiger partial charge in [-0.2, -0.15) is 0 Å². The lowest BCUT2D eigenvalue weighted by Gasteiger charge is -2.18. The molecule has 0 aliphatic heterocycles. The average molecular weight is 449 g/mol. The van der Waals surface area contributed by atoms with Crippen LogP contribution in [-0.2, 0) is 4.79 Å². The first-order chi connectivity index (χ1) is 11.5. The Bertz CT molecular complexity index is 577. The van der Waals surface area contributed by atoms with Gasteiger partial charge in [0.15, 0.2) is 0 Å². The SMILES string of the molecule is CCN(CC)CCNC(=O)c1cc(I)c(NC(=O)CO)cc1OC. The van der Waals surface area contributed by atoms with Gasteiger partial charge in [-0.25, -0.2) is 0 Å². The van der Waals surface area contributed by atoms with Gasteiger partial charge in [-0.3, -0.25) is 9.59 Å². The number of aliphatic hydroxyl groups excluding tert-OH is 1. The molecule has 0 aliphatic rings. The van der Waals surface area contributed by atoms with Gasteiger partial charge in [0, 0.05) is 22.7 Å². The van der Waals surface area contributed by atoms with Gasteiger partial charge in [-0.05, 0) is 41.7 Å². The third-order valence-electron chi connectivity index (χ3n) is 3.56. The summed E-state index contributed by atoms with van der Waals surface area (Å²) in [5, 5.41) is 14.3. The van der Waals surface area contributed by atoms with Crippen molar-refractivity contribution in [2.24, 2.45) is 0 Å². The van der Waals surface area contributed by atoms with Crippen molar-refractivity contribution in [1.29, 1.82) is 0 Å². The zero-order chi connectivity index (χ0) is 18.1. The minimum Gasteiger partial charge on any atom is -0.496 e. The second-order valence-electron chi connectivity index (χ2n) is 5.02. The van der Waals surface area contributed by atoms with Crippen LogP contribution in [0.15, 0.2) is 12.1 Å². The molecule has 1 aromatic rings. The maximum Gasteiger partial charge on any atom is 0.255 e. The highest BCUT2D eigenvalue weighted by molar-refractivity contribution is 14.1. The van der Waals surface area contributed by atoms with E-state index in [0.29, 0.717) is 27.1 Å². The summed E-state index contributed by atoms with van der Waals surface area (Å²) in [7, 11) is 1.46. The van der Waals surface area contributed by atoms with Gasteiger partial charge < -0.3 is 25.4 Å². The number of nitrogens with zero attached hydrogens (tertiary/aromatic N) is 1. The molecule has 2 amide bonds. The maximum atomic E-state index is 12.4. The molecule has 3 N–H and O–H groups in total. The first-order valence-electron chi connectivity index (χ1n) is 7.75. The molecule has 1 rings (SSSR count). The van der Waals surface area contributed by atoms with E-state index in [1.807, 2.05) is 22.6 Å². The first-order valence-corrected chi connectivity index (χ1v) is 8.83. The highest BCUT2D eigenvalue weighted by Gasteiger charge is 2.16. The van der Waals surface area contributed by atoms with Crippen LogP contribution in [0.2, 0.25) is 0 Å². The zero-order valence-corrected chi connectivity index (χ0v) is 16.3. The number of hydrogen-bond acceptors (Lipinski definition) is 5. The summed E-state index contributed by atoms with van der Waals surface area (Å²) < 4.78 is 5.94. The largest absolute Gasteiger partial charge is 0.496 e. The molecule has 134 valence electrons. The van der Waals surface area contributed by atoms with Gasteiger partial charge in [0.2, 0.25) is 5.91 Å². The summed E-state index contributed by atoms with van der Waals surface area (Å²) in [6.07, 6.45) is 0. The van der Waals surface area contributed by atoms with Gasteiger partial charge in [0.25, 0.3) is 5.91 Å². The minimum absolute atomic E-state index is 0.225. The number of anilines is 1. The number of rotatable bonds is 9. The van der Waals surface area contributed by atoms with Crippen LogP contribution in [0.25, 0.3) is 0 Å². The average Bonchev–Trinajstić information content (AvgIpc) is 2.59. The van der Waals surface area contributed by atoms with Gasteiger partial charge >= 0.3 is 0 Å². The van der Waals surface area contributed by atoms with Crippen molar-refractivity contribution >= 4 is 40.1 Å². The predicted molar refractivity (Wildman–Crippen MR) is 102 cm³/mol. The Labute approximate surface area is 155 Å².